The van der Waals surface area contributed by atoms with Gasteiger partial charge in [-0.15, -0.1) is 11.8 Å². The van der Waals surface area contributed by atoms with E-state index < -0.39 is 0 Å². The average molecular weight is 237 g/mol. The molecule has 0 radical (unpaired) electrons. The summed E-state index contributed by atoms with van der Waals surface area (Å²) in [5.41, 5.74) is 0.735. The van der Waals surface area contributed by atoms with E-state index >= 15 is 0 Å². The molecule has 0 unspecified atom stereocenters. The van der Waals surface area contributed by atoms with Gasteiger partial charge in [-0.3, -0.25) is 4.79 Å². The molecule has 1 aromatic heterocycles. The van der Waals surface area contributed by atoms with E-state index in [1.165, 1.54) is 0 Å². The fourth-order valence-corrected chi connectivity index (χ4v) is 2.91. The second-order valence-corrected chi connectivity index (χ2v) is 5.13. The fraction of sp³-hybridized carbons (Fsp3) is 0.500. The highest BCUT2D eigenvalue weighted by atomic mass is 32.2. The molecule has 1 aromatic rings. The molecule has 0 amide bonds. The molecule has 4 heteroatoms. The molecule has 1 fully saturated rings. The molecular formula is C12H15NO2S. The van der Waals surface area contributed by atoms with Gasteiger partial charge in [-0.25, -0.2) is 4.98 Å². The lowest BCUT2D eigenvalue weighted by Crippen LogP contribution is -2.18. The van der Waals surface area contributed by atoms with Crippen molar-refractivity contribution in [2.75, 3.05) is 13.2 Å². The van der Waals surface area contributed by atoms with Crippen LogP contribution in [0.15, 0.2) is 23.4 Å². The molecule has 0 aromatic carbocycles. The Kier molecular flexibility index (Phi) is 3.96. The summed E-state index contributed by atoms with van der Waals surface area (Å²) in [5.74, 6) is 0.0858. The maximum atomic E-state index is 11.4. The third-order valence-corrected chi connectivity index (χ3v) is 3.95. The number of hydrogen-bond donors (Lipinski definition) is 0. The number of pyridine rings is 1. The predicted molar refractivity (Wildman–Crippen MR) is 63.9 cm³/mol. The predicted octanol–water partition coefficient (Wildman–Crippen LogP) is 2.56. The minimum Gasteiger partial charge on any atom is -0.381 e. The number of aromatic nitrogens is 1. The Morgan fingerprint density at radius 3 is 2.94 bits per heavy atom. The zero-order valence-electron chi connectivity index (χ0n) is 9.31. The van der Waals surface area contributed by atoms with Gasteiger partial charge >= 0.3 is 0 Å². The quantitative estimate of drug-likeness (QED) is 0.757. The van der Waals surface area contributed by atoms with Gasteiger partial charge in [-0.05, 0) is 31.9 Å². The highest BCUT2D eigenvalue weighted by molar-refractivity contribution is 7.99. The van der Waals surface area contributed by atoms with E-state index in [1.807, 2.05) is 12.1 Å². The van der Waals surface area contributed by atoms with E-state index in [0.29, 0.717) is 5.25 Å². The van der Waals surface area contributed by atoms with Gasteiger partial charge in [0.05, 0.1) is 0 Å². The Labute approximate surface area is 99.6 Å². The average Bonchev–Trinajstić information content (AvgIpc) is 2.31. The van der Waals surface area contributed by atoms with Crippen molar-refractivity contribution >= 4 is 17.5 Å². The number of thioether (sulfide) groups is 1. The first-order valence-corrected chi connectivity index (χ1v) is 6.35. The van der Waals surface area contributed by atoms with Gasteiger partial charge in [-0.1, -0.05) is 0 Å². The molecule has 0 aliphatic carbocycles. The van der Waals surface area contributed by atoms with Gasteiger partial charge < -0.3 is 4.74 Å². The highest BCUT2D eigenvalue weighted by Crippen LogP contribution is 2.30. The summed E-state index contributed by atoms with van der Waals surface area (Å²) >= 11 is 1.71. The molecule has 3 nitrogen and oxygen atoms in total. The van der Waals surface area contributed by atoms with Crippen molar-refractivity contribution in [3.63, 3.8) is 0 Å². The van der Waals surface area contributed by atoms with E-state index in [9.17, 15) is 4.79 Å². The van der Waals surface area contributed by atoms with E-state index in [2.05, 4.69) is 4.98 Å². The van der Waals surface area contributed by atoms with Crippen LogP contribution in [0.5, 0.6) is 0 Å². The maximum Gasteiger partial charge on any atom is 0.162 e. The van der Waals surface area contributed by atoms with Gasteiger partial charge in [0, 0.05) is 30.2 Å². The van der Waals surface area contributed by atoms with Crippen LogP contribution in [0.4, 0.5) is 0 Å². The number of Topliss-reactive ketones (excluding diaryl/α,β-unsaturated/α-hetero) is 1. The number of nitrogens with zero attached hydrogens (tertiary/aromatic N) is 1. The molecule has 0 N–H and O–H groups in total. The zero-order valence-corrected chi connectivity index (χ0v) is 10.1. The molecule has 2 heterocycles. The number of ketones is 1. The van der Waals surface area contributed by atoms with Crippen LogP contribution >= 0.6 is 11.8 Å². The van der Waals surface area contributed by atoms with Crippen LogP contribution in [0.3, 0.4) is 0 Å². The summed E-state index contributed by atoms with van der Waals surface area (Å²) in [5, 5.41) is 1.39. The lowest BCUT2D eigenvalue weighted by Gasteiger charge is -2.21. The third-order valence-electron chi connectivity index (χ3n) is 2.60. The topological polar surface area (TPSA) is 39.2 Å². The van der Waals surface area contributed by atoms with Crippen LogP contribution in [0.25, 0.3) is 0 Å². The molecule has 1 aliphatic heterocycles. The molecule has 0 spiro atoms. The number of carbonyl (C=O) groups is 1. The molecule has 1 saturated heterocycles. The van der Waals surface area contributed by atoms with E-state index in [0.717, 1.165) is 36.6 Å². The van der Waals surface area contributed by atoms with Crippen molar-refractivity contribution < 1.29 is 9.53 Å². The smallest absolute Gasteiger partial charge is 0.162 e. The summed E-state index contributed by atoms with van der Waals surface area (Å²) < 4.78 is 5.31. The molecular weight excluding hydrogens is 222 g/mol. The third kappa shape index (κ3) is 2.83. The Balaban J connectivity index is 2.10. The fourth-order valence-electron chi connectivity index (χ4n) is 1.70. The maximum absolute atomic E-state index is 11.4. The van der Waals surface area contributed by atoms with E-state index in [-0.39, 0.29) is 5.78 Å². The molecule has 0 saturated carbocycles. The lowest BCUT2D eigenvalue weighted by molar-refractivity contribution is 0.0999. The zero-order chi connectivity index (χ0) is 11.4. The van der Waals surface area contributed by atoms with Crippen molar-refractivity contribution in [1.82, 2.24) is 4.98 Å². The van der Waals surface area contributed by atoms with Crippen molar-refractivity contribution in [3.8, 4) is 0 Å². The van der Waals surface area contributed by atoms with Gasteiger partial charge in [0.15, 0.2) is 5.78 Å². The molecule has 2 rings (SSSR count). The first kappa shape index (κ1) is 11.6. The van der Waals surface area contributed by atoms with Gasteiger partial charge in [0.1, 0.15) is 5.03 Å². The standard InChI is InChI=1S/C12H15NO2S/c1-9(14)11-3-2-6-13-12(11)16-10-4-7-15-8-5-10/h2-3,6,10H,4-5,7-8H2,1H3. The summed E-state index contributed by atoms with van der Waals surface area (Å²) in [7, 11) is 0. The molecule has 1 aliphatic rings. The highest BCUT2D eigenvalue weighted by Gasteiger charge is 2.18. The van der Waals surface area contributed by atoms with Crippen LogP contribution in [0.1, 0.15) is 30.1 Å². The van der Waals surface area contributed by atoms with Crippen molar-refractivity contribution in [2.24, 2.45) is 0 Å². The number of ether oxygens (including phenoxy) is 1. The summed E-state index contributed by atoms with van der Waals surface area (Å²) in [6.45, 7) is 3.23. The van der Waals surface area contributed by atoms with Crippen LogP contribution in [-0.4, -0.2) is 29.2 Å². The van der Waals surface area contributed by atoms with Gasteiger partial charge in [0.2, 0.25) is 0 Å². The molecule has 86 valence electrons. The Hall–Kier alpha value is -0.870. The second kappa shape index (κ2) is 5.46. The second-order valence-electron chi connectivity index (χ2n) is 3.84. The Bertz CT molecular complexity index is 375. The first-order chi connectivity index (χ1) is 7.77. The molecule has 0 atom stereocenters. The normalized spacial score (nSPS) is 17.3. The largest absolute Gasteiger partial charge is 0.381 e. The first-order valence-electron chi connectivity index (χ1n) is 5.47. The molecule has 16 heavy (non-hydrogen) atoms. The minimum absolute atomic E-state index is 0.0858. The Morgan fingerprint density at radius 1 is 1.50 bits per heavy atom. The van der Waals surface area contributed by atoms with Crippen molar-refractivity contribution in [1.29, 1.82) is 0 Å². The van der Waals surface area contributed by atoms with Gasteiger partial charge in [-0.2, -0.15) is 0 Å². The number of rotatable bonds is 3. The summed E-state index contributed by atoms with van der Waals surface area (Å²) in [4.78, 5) is 15.7. The SMILES string of the molecule is CC(=O)c1cccnc1SC1CCOCC1. The number of carbonyl (C=O) groups excluding carboxylic acids is 1. The van der Waals surface area contributed by atoms with Crippen LogP contribution in [0, 0.1) is 0 Å². The lowest BCUT2D eigenvalue weighted by atomic mass is 10.2. The van der Waals surface area contributed by atoms with Crippen molar-refractivity contribution in [3.05, 3.63) is 23.9 Å². The van der Waals surface area contributed by atoms with Gasteiger partial charge in [0.25, 0.3) is 0 Å². The minimum atomic E-state index is 0.0858. The number of hydrogen-bond acceptors (Lipinski definition) is 4. The monoisotopic (exact) mass is 237 g/mol. The van der Waals surface area contributed by atoms with Crippen molar-refractivity contribution in [2.45, 2.75) is 30.0 Å². The Morgan fingerprint density at radius 2 is 2.25 bits per heavy atom. The van der Waals surface area contributed by atoms with E-state index in [1.54, 1.807) is 24.9 Å². The summed E-state index contributed by atoms with van der Waals surface area (Å²) in [6.07, 6.45) is 3.82. The molecule has 0 bridgehead atoms. The van der Waals surface area contributed by atoms with E-state index in [4.69, 9.17) is 4.74 Å². The van der Waals surface area contributed by atoms with Crippen LogP contribution in [0.2, 0.25) is 0 Å². The van der Waals surface area contributed by atoms with Crippen LogP contribution < -0.4 is 0 Å². The van der Waals surface area contributed by atoms with Crippen LogP contribution in [-0.2, 0) is 4.74 Å². The summed E-state index contributed by atoms with van der Waals surface area (Å²) in [6, 6.07) is 3.65.